The van der Waals surface area contributed by atoms with Crippen LogP contribution in [0.4, 0.5) is 0 Å². The molecule has 26 heavy (non-hydrogen) atoms. The Morgan fingerprint density at radius 3 is 2.50 bits per heavy atom. The minimum Gasteiger partial charge on any atom is -0.511 e. The summed E-state index contributed by atoms with van der Waals surface area (Å²) in [6.07, 6.45) is 0.945. The Morgan fingerprint density at radius 2 is 1.92 bits per heavy atom. The van der Waals surface area contributed by atoms with Crippen LogP contribution >= 0.6 is 0 Å². The molecule has 1 amide bonds. The maximum absolute atomic E-state index is 12.6. The first kappa shape index (κ1) is 22.3. The summed E-state index contributed by atoms with van der Waals surface area (Å²) in [6.45, 7) is 1.63. The fourth-order valence-corrected chi connectivity index (χ4v) is 2.63. The number of aliphatic hydroxyl groups is 1. The van der Waals surface area contributed by atoms with Crippen LogP contribution in [-0.4, -0.2) is 80.9 Å². The molecule has 0 aromatic carbocycles. The fourth-order valence-electron chi connectivity index (χ4n) is 2.63. The molecular weight excluding hydrogens is 349 g/mol. The minimum atomic E-state index is -0.787. The van der Waals surface area contributed by atoms with Gasteiger partial charge in [-0.25, -0.2) is 4.68 Å². The summed E-state index contributed by atoms with van der Waals surface area (Å²) in [4.78, 5) is 50.2. The Morgan fingerprint density at radius 1 is 1.27 bits per heavy atom. The summed E-state index contributed by atoms with van der Waals surface area (Å²) < 4.78 is 1.05. The molecule has 1 aromatic heterocycles. The molecular formula is C17H21N3NaO5. The van der Waals surface area contributed by atoms with Gasteiger partial charge in [0, 0.05) is 62.9 Å². The maximum atomic E-state index is 12.6. The van der Waals surface area contributed by atoms with Gasteiger partial charge in [0.2, 0.25) is 11.7 Å². The second-order valence-corrected chi connectivity index (χ2v) is 6.19. The Labute approximate surface area is 173 Å². The fraction of sp³-hybridized carbons (Fsp3) is 0.471. The second kappa shape index (κ2) is 9.25. The molecule has 0 aliphatic heterocycles. The first-order valence-corrected chi connectivity index (χ1v) is 8.01. The number of Topliss-reactive ketones (excluding diaryl/α,β-unsaturated/α-hetero) is 2. The third kappa shape index (κ3) is 4.90. The van der Waals surface area contributed by atoms with Crippen LogP contribution in [0.25, 0.3) is 0 Å². The van der Waals surface area contributed by atoms with Crippen LogP contribution in [0.5, 0.6) is 0 Å². The van der Waals surface area contributed by atoms with Crippen molar-refractivity contribution in [2.45, 2.75) is 39.2 Å². The zero-order valence-electron chi connectivity index (χ0n) is 15.5. The van der Waals surface area contributed by atoms with Crippen LogP contribution in [-0.2, 0) is 16.1 Å². The monoisotopic (exact) mass is 370 g/mol. The number of aliphatic hydroxyl groups excluding tert-OH is 1. The predicted octanol–water partition coefficient (Wildman–Crippen LogP) is 0.397. The van der Waals surface area contributed by atoms with E-state index in [9.17, 15) is 24.3 Å². The van der Waals surface area contributed by atoms with Crippen LogP contribution in [0.3, 0.4) is 0 Å². The zero-order chi connectivity index (χ0) is 18.7. The molecule has 0 saturated heterocycles. The van der Waals surface area contributed by atoms with Crippen molar-refractivity contribution in [2.75, 3.05) is 14.1 Å². The van der Waals surface area contributed by atoms with Crippen LogP contribution in [0.1, 0.15) is 41.7 Å². The van der Waals surface area contributed by atoms with Crippen molar-refractivity contribution in [2.24, 2.45) is 0 Å². The van der Waals surface area contributed by atoms with Gasteiger partial charge in [-0.1, -0.05) is 0 Å². The van der Waals surface area contributed by atoms with Crippen molar-refractivity contribution in [3.05, 3.63) is 39.0 Å². The molecule has 0 unspecified atom stereocenters. The minimum absolute atomic E-state index is 0. The molecule has 8 nitrogen and oxygen atoms in total. The number of hydrogen-bond donors (Lipinski definition) is 1. The molecule has 0 fully saturated rings. The number of rotatable bonds is 5. The molecule has 1 aliphatic carbocycles. The molecule has 0 spiro atoms. The summed E-state index contributed by atoms with van der Waals surface area (Å²) in [5.41, 5.74) is -0.809. The van der Waals surface area contributed by atoms with Crippen molar-refractivity contribution >= 4 is 47.0 Å². The summed E-state index contributed by atoms with van der Waals surface area (Å²) in [5, 5.41) is 13.9. The smallest absolute Gasteiger partial charge is 0.278 e. The van der Waals surface area contributed by atoms with E-state index in [-0.39, 0.29) is 78.2 Å². The van der Waals surface area contributed by atoms with Crippen molar-refractivity contribution in [3.8, 4) is 0 Å². The number of nitrogens with zero attached hydrogens (tertiary/aromatic N) is 3. The zero-order valence-corrected chi connectivity index (χ0v) is 17.5. The number of carbonyl (C=O) groups excluding carboxylic acids is 3. The summed E-state index contributed by atoms with van der Waals surface area (Å²) in [6, 6.07) is 1.30. The number of allylic oxidation sites excluding steroid dienone is 2. The van der Waals surface area contributed by atoms with Gasteiger partial charge in [-0.15, -0.1) is 0 Å². The largest absolute Gasteiger partial charge is 0.511 e. The van der Waals surface area contributed by atoms with Gasteiger partial charge in [-0.2, -0.15) is 5.10 Å². The van der Waals surface area contributed by atoms with Crippen LogP contribution in [0, 0.1) is 6.92 Å². The standard InChI is InChI=1S/C17H21N3O5.Na/c1-10-9-11(16(24)15-12(21)5-4-6-13(15)22)17(25)20(18-10)8-7-14(23)19(2)3;/h9,21H,4-8H2,1-3H3;. The molecule has 0 saturated carbocycles. The van der Waals surface area contributed by atoms with Gasteiger partial charge in [-0.05, 0) is 19.4 Å². The van der Waals surface area contributed by atoms with Crippen LogP contribution in [0.2, 0.25) is 0 Å². The molecule has 1 N–H and O–H groups in total. The predicted molar refractivity (Wildman–Crippen MR) is 95.1 cm³/mol. The van der Waals surface area contributed by atoms with Gasteiger partial charge in [-0.3, -0.25) is 19.2 Å². The molecule has 2 rings (SSSR count). The SMILES string of the molecule is Cc1cc(C(=O)C2=C(O)CCCC2=O)c(=O)n(CCC(=O)N(C)C)n1.[Na]. The van der Waals surface area contributed by atoms with E-state index in [2.05, 4.69) is 5.10 Å². The van der Waals surface area contributed by atoms with Crippen LogP contribution in [0.15, 0.2) is 22.2 Å². The van der Waals surface area contributed by atoms with Crippen molar-refractivity contribution < 1.29 is 19.5 Å². The van der Waals surface area contributed by atoms with E-state index in [0.717, 1.165) is 4.68 Å². The van der Waals surface area contributed by atoms with E-state index >= 15 is 0 Å². The molecule has 0 atom stereocenters. The quantitative estimate of drug-likeness (QED) is 0.456. The average molecular weight is 370 g/mol. The number of aryl methyl sites for hydroxylation is 2. The molecule has 135 valence electrons. The van der Waals surface area contributed by atoms with E-state index in [4.69, 9.17) is 0 Å². The van der Waals surface area contributed by atoms with E-state index in [1.807, 2.05) is 0 Å². The van der Waals surface area contributed by atoms with Crippen molar-refractivity contribution in [3.63, 3.8) is 0 Å². The normalized spacial score (nSPS) is 14.0. The topological polar surface area (TPSA) is 110 Å². The molecule has 9 heteroatoms. The number of hydrogen-bond acceptors (Lipinski definition) is 6. The van der Waals surface area contributed by atoms with Gasteiger partial charge in [0.1, 0.15) is 11.3 Å². The number of ketones is 2. The first-order valence-electron chi connectivity index (χ1n) is 8.01. The van der Waals surface area contributed by atoms with Crippen molar-refractivity contribution in [1.29, 1.82) is 0 Å². The molecule has 1 radical (unpaired) electrons. The second-order valence-electron chi connectivity index (χ2n) is 6.19. The third-order valence-electron chi connectivity index (χ3n) is 3.99. The average Bonchev–Trinajstić information content (AvgIpc) is 2.54. The van der Waals surface area contributed by atoms with E-state index in [1.54, 1.807) is 21.0 Å². The van der Waals surface area contributed by atoms with E-state index in [1.165, 1.54) is 11.0 Å². The Hall–Kier alpha value is -1.77. The Bertz CT molecular complexity index is 826. The third-order valence-corrected chi connectivity index (χ3v) is 3.99. The maximum Gasteiger partial charge on any atom is 0.278 e. The molecule has 1 aliphatic rings. The Kier molecular flexibility index (Phi) is 7.92. The van der Waals surface area contributed by atoms with Gasteiger partial charge in [0.15, 0.2) is 5.78 Å². The Balaban J connectivity index is 0.00000338. The van der Waals surface area contributed by atoms with E-state index < -0.39 is 17.1 Å². The first-order chi connectivity index (χ1) is 11.7. The summed E-state index contributed by atoms with van der Waals surface area (Å²) in [5.74, 6) is -1.70. The molecule has 0 bridgehead atoms. The number of amides is 1. The van der Waals surface area contributed by atoms with Gasteiger partial charge in [0.25, 0.3) is 5.56 Å². The van der Waals surface area contributed by atoms with Crippen LogP contribution < -0.4 is 5.56 Å². The summed E-state index contributed by atoms with van der Waals surface area (Å²) in [7, 11) is 3.21. The molecule has 1 heterocycles. The number of carbonyl (C=O) groups is 3. The van der Waals surface area contributed by atoms with Gasteiger partial charge < -0.3 is 10.0 Å². The number of aromatic nitrogens is 2. The van der Waals surface area contributed by atoms with Crippen molar-refractivity contribution in [1.82, 2.24) is 14.7 Å². The summed E-state index contributed by atoms with van der Waals surface area (Å²) >= 11 is 0. The van der Waals surface area contributed by atoms with E-state index in [0.29, 0.717) is 12.1 Å². The van der Waals surface area contributed by atoms with Gasteiger partial charge in [0.05, 0.1) is 17.8 Å². The van der Waals surface area contributed by atoms with Gasteiger partial charge >= 0.3 is 0 Å². The molecule has 1 aromatic rings.